The van der Waals surface area contributed by atoms with Gasteiger partial charge in [-0.25, -0.2) is 0 Å². The van der Waals surface area contributed by atoms with E-state index in [1.54, 1.807) is 19.0 Å². The fourth-order valence-corrected chi connectivity index (χ4v) is 0.744. The third-order valence-corrected chi connectivity index (χ3v) is 1.67. The first-order chi connectivity index (χ1) is 5.54. The average molecular weight is 172 g/mol. The van der Waals surface area contributed by atoms with E-state index < -0.39 is 0 Å². The molecule has 0 rings (SSSR count). The molecule has 0 aromatic carbocycles. The summed E-state index contributed by atoms with van der Waals surface area (Å²) < 4.78 is 0. The number of hydrogen-bond acceptors (Lipinski definition) is 2. The Morgan fingerprint density at radius 3 is 2.42 bits per heavy atom. The van der Waals surface area contributed by atoms with Gasteiger partial charge in [-0.2, -0.15) is 0 Å². The molecule has 0 saturated carbocycles. The summed E-state index contributed by atoms with van der Waals surface area (Å²) in [5.41, 5.74) is 0. The minimum absolute atomic E-state index is 0.138. The summed E-state index contributed by atoms with van der Waals surface area (Å²) in [5, 5.41) is 3.11. The standard InChI is InChI=1S/C9H20N2O/c1-8(2)5-6-10-7-9(12)11(3)4/h8,10H,5-7H2,1-4H3. The van der Waals surface area contributed by atoms with Crippen molar-refractivity contribution in [3.05, 3.63) is 0 Å². The van der Waals surface area contributed by atoms with Crippen LogP contribution in [0.3, 0.4) is 0 Å². The van der Waals surface area contributed by atoms with Gasteiger partial charge in [0.2, 0.25) is 5.91 Å². The fraction of sp³-hybridized carbons (Fsp3) is 0.889. The lowest BCUT2D eigenvalue weighted by Gasteiger charge is -2.11. The lowest BCUT2D eigenvalue weighted by atomic mass is 10.1. The maximum Gasteiger partial charge on any atom is 0.236 e. The maximum absolute atomic E-state index is 11.1. The van der Waals surface area contributed by atoms with E-state index in [0.29, 0.717) is 12.5 Å². The number of rotatable bonds is 5. The first kappa shape index (κ1) is 11.4. The van der Waals surface area contributed by atoms with Gasteiger partial charge in [-0.15, -0.1) is 0 Å². The number of amides is 1. The predicted octanol–water partition coefficient (Wildman–Crippen LogP) is 0.710. The topological polar surface area (TPSA) is 32.3 Å². The van der Waals surface area contributed by atoms with Crippen LogP contribution in [0.5, 0.6) is 0 Å². The number of carbonyl (C=O) groups is 1. The van der Waals surface area contributed by atoms with Crippen molar-refractivity contribution in [3.63, 3.8) is 0 Å². The van der Waals surface area contributed by atoms with Crippen LogP contribution in [0.15, 0.2) is 0 Å². The summed E-state index contributed by atoms with van der Waals surface area (Å²) in [6, 6.07) is 0. The molecule has 0 aliphatic heterocycles. The van der Waals surface area contributed by atoms with Gasteiger partial charge in [0, 0.05) is 14.1 Å². The highest BCUT2D eigenvalue weighted by Gasteiger charge is 2.01. The molecule has 0 unspecified atom stereocenters. The molecule has 0 aromatic rings. The SMILES string of the molecule is CC(C)CCNCC(=O)N(C)C. The van der Waals surface area contributed by atoms with Crippen molar-refractivity contribution >= 4 is 5.91 Å². The molecule has 72 valence electrons. The summed E-state index contributed by atoms with van der Waals surface area (Å²) in [6.45, 7) is 5.74. The van der Waals surface area contributed by atoms with Crippen molar-refractivity contribution in [2.45, 2.75) is 20.3 Å². The van der Waals surface area contributed by atoms with Gasteiger partial charge in [-0.3, -0.25) is 4.79 Å². The molecule has 0 aliphatic rings. The molecule has 0 radical (unpaired) electrons. The Morgan fingerprint density at radius 1 is 1.42 bits per heavy atom. The van der Waals surface area contributed by atoms with Crippen LogP contribution in [0.4, 0.5) is 0 Å². The van der Waals surface area contributed by atoms with Crippen LogP contribution in [-0.2, 0) is 4.79 Å². The highest BCUT2D eigenvalue weighted by Crippen LogP contribution is 1.95. The van der Waals surface area contributed by atoms with Gasteiger partial charge in [0.15, 0.2) is 0 Å². The maximum atomic E-state index is 11.1. The molecule has 0 atom stereocenters. The third kappa shape index (κ3) is 6.16. The van der Waals surface area contributed by atoms with E-state index in [4.69, 9.17) is 0 Å². The Morgan fingerprint density at radius 2 is 2.00 bits per heavy atom. The summed E-state index contributed by atoms with van der Waals surface area (Å²) in [7, 11) is 3.54. The van der Waals surface area contributed by atoms with E-state index in [-0.39, 0.29) is 5.91 Å². The first-order valence-electron chi connectivity index (χ1n) is 4.45. The number of likely N-dealkylation sites (N-methyl/N-ethyl adjacent to an activating group) is 1. The molecule has 0 aliphatic carbocycles. The lowest BCUT2D eigenvalue weighted by Crippen LogP contribution is -2.33. The van der Waals surface area contributed by atoms with E-state index in [9.17, 15) is 4.79 Å². The molecule has 1 N–H and O–H groups in total. The lowest BCUT2D eigenvalue weighted by molar-refractivity contribution is -0.127. The van der Waals surface area contributed by atoms with Gasteiger partial charge in [0.1, 0.15) is 0 Å². The second kappa shape index (κ2) is 6.00. The fourth-order valence-electron chi connectivity index (χ4n) is 0.744. The first-order valence-corrected chi connectivity index (χ1v) is 4.45. The molecular formula is C9H20N2O. The quantitative estimate of drug-likeness (QED) is 0.619. The second-order valence-corrected chi connectivity index (χ2v) is 3.65. The van der Waals surface area contributed by atoms with E-state index in [1.165, 1.54) is 0 Å². The molecule has 0 bridgehead atoms. The van der Waals surface area contributed by atoms with Crippen LogP contribution in [0.25, 0.3) is 0 Å². The van der Waals surface area contributed by atoms with Gasteiger partial charge < -0.3 is 10.2 Å². The van der Waals surface area contributed by atoms with Gasteiger partial charge in [-0.1, -0.05) is 13.8 Å². The Balaban J connectivity index is 3.26. The van der Waals surface area contributed by atoms with Crippen molar-refractivity contribution in [1.82, 2.24) is 10.2 Å². The normalized spacial score (nSPS) is 10.4. The van der Waals surface area contributed by atoms with Crippen LogP contribution in [0.2, 0.25) is 0 Å². The molecule has 0 spiro atoms. The van der Waals surface area contributed by atoms with Crippen LogP contribution in [0.1, 0.15) is 20.3 Å². The van der Waals surface area contributed by atoms with Crippen molar-refractivity contribution in [1.29, 1.82) is 0 Å². The van der Waals surface area contributed by atoms with Gasteiger partial charge in [0.05, 0.1) is 6.54 Å². The Kier molecular flexibility index (Phi) is 5.72. The van der Waals surface area contributed by atoms with Crippen molar-refractivity contribution in [2.75, 3.05) is 27.2 Å². The van der Waals surface area contributed by atoms with Crippen LogP contribution < -0.4 is 5.32 Å². The molecule has 3 heteroatoms. The molecule has 12 heavy (non-hydrogen) atoms. The summed E-state index contributed by atoms with van der Waals surface area (Å²) in [5.74, 6) is 0.839. The van der Waals surface area contributed by atoms with Gasteiger partial charge in [0.25, 0.3) is 0 Å². The molecular weight excluding hydrogens is 152 g/mol. The molecule has 0 heterocycles. The predicted molar refractivity (Wildman–Crippen MR) is 51.0 cm³/mol. The smallest absolute Gasteiger partial charge is 0.236 e. The Hall–Kier alpha value is -0.570. The third-order valence-electron chi connectivity index (χ3n) is 1.67. The monoisotopic (exact) mass is 172 g/mol. The largest absolute Gasteiger partial charge is 0.348 e. The van der Waals surface area contributed by atoms with E-state index in [1.807, 2.05) is 0 Å². The molecule has 3 nitrogen and oxygen atoms in total. The van der Waals surface area contributed by atoms with Crippen LogP contribution in [0, 0.1) is 5.92 Å². The number of carbonyl (C=O) groups excluding carboxylic acids is 1. The Bertz CT molecular complexity index is 132. The number of hydrogen-bond donors (Lipinski definition) is 1. The second-order valence-electron chi connectivity index (χ2n) is 3.65. The minimum atomic E-state index is 0.138. The Labute approximate surface area is 75.1 Å². The van der Waals surface area contributed by atoms with Crippen LogP contribution >= 0.6 is 0 Å². The zero-order chi connectivity index (χ0) is 9.56. The molecule has 0 saturated heterocycles. The van der Waals surface area contributed by atoms with Gasteiger partial charge in [-0.05, 0) is 18.9 Å². The average Bonchev–Trinajstić information content (AvgIpc) is 1.97. The van der Waals surface area contributed by atoms with Crippen molar-refractivity contribution in [2.24, 2.45) is 5.92 Å². The highest BCUT2D eigenvalue weighted by molar-refractivity contribution is 5.77. The van der Waals surface area contributed by atoms with Crippen molar-refractivity contribution < 1.29 is 4.79 Å². The summed E-state index contributed by atoms with van der Waals surface area (Å²) >= 11 is 0. The van der Waals surface area contributed by atoms with Crippen molar-refractivity contribution in [3.8, 4) is 0 Å². The van der Waals surface area contributed by atoms with E-state index in [2.05, 4.69) is 19.2 Å². The summed E-state index contributed by atoms with van der Waals surface area (Å²) in [4.78, 5) is 12.7. The molecule has 0 aromatic heterocycles. The van der Waals surface area contributed by atoms with Gasteiger partial charge >= 0.3 is 0 Å². The minimum Gasteiger partial charge on any atom is -0.348 e. The number of nitrogens with one attached hydrogen (secondary N) is 1. The number of nitrogens with zero attached hydrogens (tertiary/aromatic N) is 1. The zero-order valence-corrected chi connectivity index (χ0v) is 8.55. The molecule has 0 fully saturated rings. The highest BCUT2D eigenvalue weighted by atomic mass is 16.2. The van der Waals surface area contributed by atoms with E-state index >= 15 is 0 Å². The van der Waals surface area contributed by atoms with Crippen LogP contribution in [-0.4, -0.2) is 38.0 Å². The zero-order valence-electron chi connectivity index (χ0n) is 8.55. The molecule has 1 amide bonds. The van der Waals surface area contributed by atoms with E-state index in [0.717, 1.165) is 13.0 Å². The summed E-state index contributed by atoms with van der Waals surface area (Å²) in [6.07, 6.45) is 1.13.